The maximum Gasteiger partial charge on any atom is 0.0932 e. The Kier molecular flexibility index (Phi) is 6.91. The van der Waals surface area contributed by atoms with Crippen molar-refractivity contribution in [2.45, 2.75) is 53.9 Å². The van der Waals surface area contributed by atoms with Crippen molar-refractivity contribution in [1.29, 1.82) is 0 Å². The molecule has 0 spiro atoms. The van der Waals surface area contributed by atoms with Gasteiger partial charge in [-0.15, -0.1) is 0 Å². The maximum absolute atomic E-state index is 3.83. The number of quaternary nitrogens is 1. The van der Waals surface area contributed by atoms with Crippen LogP contribution in [0.1, 0.15) is 53.9 Å². The van der Waals surface area contributed by atoms with Crippen LogP contribution < -0.4 is 5.73 Å². The first kappa shape index (κ1) is 17.7. The van der Waals surface area contributed by atoms with Gasteiger partial charge in [0.1, 0.15) is 0 Å². The standard InChI is InChI=1S/C20H31N/c1-16(8-6-9-17(2)13-15-21)11-12-19-18(3)10-7-14-20(19,4)5/h6,8-9,11-13H,7,10,14-15,21H2,1-5H3/p+1/b9-6-,12-11+,16-8+,17-13+. The third-order valence-corrected chi connectivity index (χ3v) is 4.24. The highest BCUT2D eigenvalue weighted by Crippen LogP contribution is 2.40. The van der Waals surface area contributed by atoms with Crippen LogP contribution in [0.25, 0.3) is 0 Å². The number of allylic oxidation sites excluding steroid dienone is 9. The summed E-state index contributed by atoms with van der Waals surface area (Å²) in [6.07, 6.45) is 17.0. The second-order valence-electron chi connectivity index (χ2n) is 6.77. The fraction of sp³-hybridized carbons (Fsp3) is 0.500. The highest BCUT2D eigenvalue weighted by Gasteiger charge is 2.26. The Morgan fingerprint density at radius 3 is 2.52 bits per heavy atom. The fourth-order valence-electron chi connectivity index (χ4n) is 2.93. The fourth-order valence-corrected chi connectivity index (χ4v) is 2.93. The molecule has 0 radical (unpaired) electrons. The van der Waals surface area contributed by atoms with Crippen LogP contribution in [0.5, 0.6) is 0 Å². The monoisotopic (exact) mass is 286 g/mol. The minimum absolute atomic E-state index is 0.322. The molecule has 0 aromatic heterocycles. The van der Waals surface area contributed by atoms with Crippen molar-refractivity contribution in [3.8, 4) is 0 Å². The number of rotatable bonds is 5. The average molecular weight is 286 g/mol. The summed E-state index contributed by atoms with van der Waals surface area (Å²) >= 11 is 0. The third kappa shape index (κ3) is 5.89. The van der Waals surface area contributed by atoms with Gasteiger partial charge in [-0.3, -0.25) is 0 Å². The van der Waals surface area contributed by atoms with Crippen LogP contribution in [0.2, 0.25) is 0 Å². The molecule has 0 heterocycles. The molecular weight excluding hydrogens is 254 g/mol. The molecule has 1 aliphatic carbocycles. The number of hydrogen-bond donors (Lipinski definition) is 1. The molecule has 0 saturated heterocycles. The van der Waals surface area contributed by atoms with Gasteiger partial charge in [-0.2, -0.15) is 0 Å². The zero-order chi connectivity index (χ0) is 15.9. The van der Waals surface area contributed by atoms with E-state index in [9.17, 15) is 0 Å². The molecular formula is C20H32N+. The van der Waals surface area contributed by atoms with Crippen LogP contribution in [0.15, 0.2) is 58.7 Å². The van der Waals surface area contributed by atoms with Crippen molar-refractivity contribution in [3.05, 3.63) is 58.7 Å². The Bertz CT molecular complexity index is 496. The summed E-state index contributed by atoms with van der Waals surface area (Å²) in [5, 5.41) is 0. The molecule has 0 fully saturated rings. The van der Waals surface area contributed by atoms with Crippen molar-refractivity contribution in [3.63, 3.8) is 0 Å². The van der Waals surface area contributed by atoms with E-state index in [1.165, 1.54) is 36.0 Å². The zero-order valence-electron chi connectivity index (χ0n) is 14.5. The van der Waals surface area contributed by atoms with Crippen LogP contribution in [0.3, 0.4) is 0 Å². The first-order valence-electron chi connectivity index (χ1n) is 8.06. The average Bonchev–Trinajstić information content (AvgIpc) is 2.37. The molecule has 0 aromatic carbocycles. The molecule has 3 N–H and O–H groups in total. The van der Waals surface area contributed by atoms with Crippen LogP contribution in [-0.4, -0.2) is 6.54 Å². The summed E-state index contributed by atoms with van der Waals surface area (Å²) in [5.41, 5.74) is 9.79. The molecule has 1 heteroatoms. The lowest BCUT2D eigenvalue weighted by Gasteiger charge is -2.32. The minimum atomic E-state index is 0.322. The highest BCUT2D eigenvalue weighted by molar-refractivity contribution is 5.37. The topological polar surface area (TPSA) is 27.6 Å². The largest absolute Gasteiger partial charge is 0.354 e. The van der Waals surface area contributed by atoms with E-state index in [4.69, 9.17) is 0 Å². The Hall–Kier alpha value is -1.34. The first-order chi connectivity index (χ1) is 9.86. The second-order valence-corrected chi connectivity index (χ2v) is 6.77. The van der Waals surface area contributed by atoms with Gasteiger partial charge in [0.05, 0.1) is 6.54 Å². The SMILES string of the molecule is CC1=C(/C=C/C(C)=C/C=C\C(C)=C\C[NH3+])C(C)(C)CCC1. The Labute approximate surface area is 131 Å². The van der Waals surface area contributed by atoms with Crippen LogP contribution >= 0.6 is 0 Å². The molecule has 21 heavy (non-hydrogen) atoms. The van der Waals surface area contributed by atoms with Crippen molar-refractivity contribution >= 4 is 0 Å². The maximum atomic E-state index is 3.83. The molecule has 0 saturated carbocycles. The summed E-state index contributed by atoms with van der Waals surface area (Å²) in [4.78, 5) is 0. The minimum Gasteiger partial charge on any atom is -0.354 e. The van der Waals surface area contributed by atoms with Gasteiger partial charge >= 0.3 is 0 Å². The zero-order valence-corrected chi connectivity index (χ0v) is 14.5. The van der Waals surface area contributed by atoms with Gasteiger partial charge in [0.25, 0.3) is 0 Å². The van der Waals surface area contributed by atoms with Crippen LogP contribution in [0.4, 0.5) is 0 Å². The lowest BCUT2D eigenvalue weighted by Crippen LogP contribution is -2.49. The summed E-state index contributed by atoms with van der Waals surface area (Å²) in [7, 11) is 0. The Morgan fingerprint density at radius 1 is 1.19 bits per heavy atom. The molecule has 0 bridgehead atoms. The Morgan fingerprint density at radius 2 is 1.90 bits per heavy atom. The van der Waals surface area contributed by atoms with E-state index >= 15 is 0 Å². The lowest BCUT2D eigenvalue weighted by molar-refractivity contribution is -0.352. The van der Waals surface area contributed by atoms with E-state index in [1.54, 1.807) is 5.57 Å². The molecule has 1 rings (SSSR count). The highest BCUT2D eigenvalue weighted by atomic mass is 14.5. The van der Waals surface area contributed by atoms with Gasteiger partial charge in [-0.05, 0) is 62.7 Å². The molecule has 0 aliphatic heterocycles. The first-order valence-corrected chi connectivity index (χ1v) is 8.06. The Balaban J connectivity index is 2.78. The van der Waals surface area contributed by atoms with Gasteiger partial charge in [0, 0.05) is 0 Å². The van der Waals surface area contributed by atoms with Crippen molar-refractivity contribution in [2.24, 2.45) is 5.41 Å². The van der Waals surface area contributed by atoms with E-state index < -0.39 is 0 Å². The van der Waals surface area contributed by atoms with Gasteiger partial charge in [-0.25, -0.2) is 0 Å². The van der Waals surface area contributed by atoms with E-state index in [0.717, 1.165) is 6.54 Å². The molecule has 0 aromatic rings. The normalized spacial score (nSPS) is 20.9. The summed E-state index contributed by atoms with van der Waals surface area (Å²) < 4.78 is 0. The van der Waals surface area contributed by atoms with Gasteiger partial charge in [-0.1, -0.05) is 55.4 Å². The predicted octanol–water partition coefficient (Wildman–Crippen LogP) is 4.76. The summed E-state index contributed by atoms with van der Waals surface area (Å²) in [5.74, 6) is 0. The van der Waals surface area contributed by atoms with Crippen molar-refractivity contribution in [2.75, 3.05) is 6.54 Å². The molecule has 116 valence electrons. The van der Waals surface area contributed by atoms with Gasteiger partial charge in [0.15, 0.2) is 0 Å². The summed E-state index contributed by atoms with van der Waals surface area (Å²) in [6.45, 7) is 12.1. The lowest BCUT2D eigenvalue weighted by atomic mass is 9.72. The van der Waals surface area contributed by atoms with E-state index in [0.29, 0.717) is 5.41 Å². The predicted molar refractivity (Wildman–Crippen MR) is 93.9 cm³/mol. The summed E-state index contributed by atoms with van der Waals surface area (Å²) in [6, 6.07) is 0. The third-order valence-electron chi connectivity index (χ3n) is 4.24. The van der Waals surface area contributed by atoms with Gasteiger partial charge in [0.2, 0.25) is 0 Å². The number of hydrogen-bond acceptors (Lipinski definition) is 0. The smallest absolute Gasteiger partial charge is 0.0932 e. The molecule has 0 amide bonds. The second kappa shape index (κ2) is 8.19. The van der Waals surface area contributed by atoms with Crippen molar-refractivity contribution in [1.82, 2.24) is 0 Å². The molecule has 0 atom stereocenters. The molecule has 1 aliphatic rings. The van der Waals surface area contributed by atoms with Gasteiger partial charge < -0.3 is 5.73 Å². The van der Waals surface area contributed by atoms with Crippen LogP contribution in [0, 0.1) is 5.41 Å². The quantitative estimate of drug-likeness (QED) is 0.706. The van der Waals surface area contributed by atoms with Crippen molar-refractivity contribution < 1.29 is 5.73 Å². The van der Waals surface area contributed by atoms with Crippen LogP contribution in [-0.2, 0) is 0 Å². The van der Waals surface area contributed by atoms with E-state index in [2.05, 4.69) is 76.8 Å². The molecule has 0 unspecified atom stereocenters. The van der Waals surface area contributed by atoms with E-state index in [1.807, 2.05) is 0 Å². The van der Waals surface area contributed by atoms with E-state index in [-0.39, 0.29) is 0 Å². The molecule has 1 nitrogen and oxygen atoms in total.